The molecule has 0 aliphatic heterocycles. The summed E-state index contributed by atoms with van der Waals surface area (Å²) in [4.78, 5) is 12.5. The van der Waals surface area contributed by atoms with E-state index >= 15 is 0 Å². The summed E-state index contributed by atoms with van der Waals surface area (Å²) in [7, 11) is -1.46. The molecule has 1 N–H and O–H groups in total. The van der Waals surface area contributed by atoms with E-state index in [1.54, 1.807) is 30.1 Å². The third kappa shape index (κ3) is 5.22. The molecule has 0 atom stereocenters. The van der Waals surface area contributed by atoms with Crippen LogP contribution in [-0.4, -0.2) is 45.5 Å². The highest BCUT2D eigenvalue weighted by molar-refractivity contribution is 7.90. The van der Waals surface area contributed by atoms with E-state index in [1.807, 2.05) is 6.92 Å². The molecule has 0 radical (unpaired) electrons. The third-order valence-electron chi connectivity index (χ3n) is 2.97. The van der Waals surface area contributed by atoms with Gasteiger partial charge in [-0.1, -0.05) is 13.0 Å². The zero-order chi connectivity index (χ0) is 16.0. The van der Waals surface area contributed by atoms with Crippen molar-refractivity contribution in [2.45, 2.75) is 13.3 Å². The summed E-state index contributed by atoms with van der Waals surface area (Å²) in [5, 5.41) is 14.4. The molecule has 0 fully saturated rings. The molecule has 0 aliphatic carbocycles. The zero-order valence-electron chi connectivity index (χ0n) is 12.5. The van der Waals surface area contributed by atoms with Crippen LogP contribution >= 0.6 is 0 Å². The van der Waals surface area contributed by atoms with Crippen molar-refractivity contribution in [3.8, 4) is 0 Å². The molecule has 0 heterocycles. The van der Waals surface area contributed by atoms with Crippen LogP contribution in [0.3, 0.4) is 0 Å². The lowest BCUT2D eigenvalue weighted by Gasteiger charge is -2.20. The second-order valence-electron chi connectivity index (χ2n) is 4.91. The fourth-order valence-electron chi connectivity index (χ4n) is 1.86. The molecule has 0 aromatic heterocycles. The third-order valence-corrected chi connectivity index (χ3v) is 3.90. The molecule has 1 aromatic rings. The molecule has 1 aromatic carbocycles. The molecule has 0 aliphatic rings. The Kier molecular flexibility index (Phi) is 5.95. The van der Waals surface area contributed by atoms with Crippen molar-refractivity contribution in [2.75, 3.05) is 42.4 Å². The van der Waals surface area contributed by atoms with Crippen molar-refractivity contribution >= 4 is 26.9 Å². The summed E-state index contributed by atoms with van der Waals surface area (Å²) >= 11 is 0. The lowest BCUT2D eigenvalue weighted by atomic mass is 10.2. The maximum atomic E-state index is 11.3. The highest BCUT2D eigenvalue weighted by atomic mass is 32.2. The van der Waals surface area contributed by atoms with E-state index < -0.39 is 14.8 Å². The van der Waals surface area contributed by atoms with Gasteiger partial charge >= 0.3 is 5.69 Å². The van der Waals surface area contributed by atoms with Crippen LogP contribution in [-0.2, 0) is 9.84 Å². The number of nitro groups is 1. The number of para-hydroxylation sites is 1. The summed E-state index contributed by atoms with van der Waals surface area (Å²) in [6, 6.07) is 5.00. The van der Waals surface area contributed by atoms with Gasteiger partial charge in [-0.05, 0) is 18.6 Å². The molecule has 0 unspecified atom stereocenters. The van der Waals surface area contributed by atoms with Crippen LogP contribution in [0.2, 0.25) is 0 Å². The van der Waals surface area contributed by atoms with Crippen LogP contribution in [0, 0.1) is 10.1 Å². The van der Waals surface area contributed by atoms with Crippen LogP contribution < -0.4 is 10.2 Å². The normalized spacial score (nSPS) is 11.2. The number of nitro benzene ring substituents is 1. The first-order chi connectivity index (χ1) is 9.76. The first kappa shape index (κ1) is 17.2. The Bertz CT molecular complexity index is 601. The SMILES string of the molecule is CCCNc1cccc(N(C)CCS(C)(=O)=O)c1[N+](=O)[O-]. The highest BCUT2D eigenvalue weighted by Crippen LogP contribution is 2.34. The molecule has 0 bridgehead atoms. The van der Waals surface area contributed by atoms with Crippen molar-refractivity contribution < 1.29 is 13.3 Å². The van der Waals surface area contributed by atoms with Gasteiger partial charge in [-0.3, -0.25) is 10.1 Å². The van der Waals surface area contributed by atoms with Gasteiger partial charge in [0.2, 0.25) is 0 Å². The summed E-state index contributed by atoms with van der Waals surface area (Å²) < 4.78 is 22.4. The average molecular weight is 315 g/mol. The zero-order valence-corrected chi connectivity index (χ0v) is 13.3. The van der Waals surface area contributed by atoms with Crippen molar-refractivity contribution in [1.29, 1.82) is 0 Å². The second-order valence-corrected chi connectivity index (χ2v) is 7.17. The maximum Gasteiger partial charge on any atom is 0.315 e. The lowest BCUT2D eigenvalue weighted by Crippen LogP contribution is -2.25. The molecular weight excluding hydrogens is 294 g/mol. The number of nitrogens with zero attached hydrogens (tertiary/aromatic N) is 2. The van der Waals surface area contributed by atoms with E-state index in [-0.39, 0.29) is 18.0 Å². The Morgan fingerprint density at radius 3 is 2.57 bits per heavy atom. The Morgan fingerprint density at radius 2 is 2.05 bits per heavy atom. The van der Waals surface area contributed by atoms with E-state index in [0.29, 0.717) is 17.9 Å². The molecule has 7 nitrogen and oxygen atoms in total. The van der Waals surface area contributed by atoms with Crippen LogP contribution in [0.5, 0.6) is 0 Å². The van der Waals surface area contributed by atoms with E-state index in [2.05, 4.69) is 5.32 Å². The minimum Gasteiger partial charge on any atom is -0.379 e. The molecule has 0 saturated heterocycles. The van der Waals surface area contributed by atoms with Crippen molar-refractivity contribution in [1.82, 2.24) is 0 Å². The highest BCUT2D eigenvalue weighted by Gasteiger charge is 2.22. The Labute approximate surface area is 125 Å². The number of benzene rings is 1. The molecule has 8 heteroatoms. The number of hydrogen-bond acceptors (Lipinski definition) is 6. The Hall–Kier alpha value is -1.83. The maximum absolute atomic E-state index is 11.3. The number of nitrogens with one attached hydrogen (secondary N) is 1. The minimum absolute atomic E-state index is 0.0260. The quantitative estimate of drug-likeness (QED) is 0.582. The van der Waals surface area contributed by atoms with Crippen LogP contribution in [0.15, 0.2) is 18.2 Å². The molecule has 0 amide bonds. The lowest BCUT2D eigenvalue weighted by molar-refractivity contribution is -0.383. The summed E-state index contributed by atoms with van der Waals surface area (Å²) in [5.41, 5.74) is 0.831. The summed E-state index contributed by atoms with van der Waals surface area (Å²) in [5.74, 6) is -0.0483. The van der Waals surface area contributed by atoms with Gasteiger partial charge in [0.15, 0.2) is 0 Å². The van der Waals surface area contributed by atoms with Crippen LogP contribution in [0.25, 0.3) is 0 Å². The van der Waals surface area contributed by atoms with Gasteiger partial charge in [0.1, 0.15) is 21.2 Å². The largest absolute Gasteiger partial charge is 0.379 e. The van der Waals surface area contributed by atoms with E-state index in [4.69, 9.17) is 0 Å². The number of rotatable bonds is 8. The van der Waals surface area contributed by atoms with Crippen molar-refractivity contribution in [3.05, 3.63) is 28.3 Å². The Balaban J connectivity index is 3.07. The minimum atomic E-state index is -3.11. The molecule has 0 spiro atoms. The monoisotopic (exact) mass is 315 g/mol. The van der Waals surface area contributed by atoms with Gasteiger partial charge in [-0.2, -0.15) is 0 Å². The number of hydrogen-bond donors (Lipinski definition) is 1. The second kappa shape index (κ2) is 7.26. The average Bonchev–Trinajstić information content (AvgIpc) is 2.40. The van der Waals surface area contributed by atoms with Crippen LogP contribution in [0.4, 0.5) is 17.1 Å². The molecule has 21 heavy (non-hydrogen) atoms. The van der Waals surface area contributed by atoms with Gasteiger partial charge in [-0.25, -0.2) is 8.42 Å². The van der Waals surface area contributed by atoms with Crippen molar-refractivity contribution in [3.63, 3.8) is 0 Å². The fourth-order valence-corrected chi connectivity index (χ4v) is 2.46. The fraction of sp³-hybridized carbons (Fsp3) is 0.538. The summed E-state index contributed by atoms with van der Waals surface area (Å²) in [6.07, 6.45) is 2.00. The number of anilines is 2. The van der Waals surface area contributed by atoms with Crippen molar-refractivity contribution in [2.24, 2.45) is 0 Å². The first-order valence-corrected chi connectivity index (χ1v) is 8.72. The van der Waals surface area contributed by atoms with E-state index in [1.165, 1.54) is 0 Å². The topological polar surface area (TPSA) is 92.6 Å². The predicted octanol–water partition coefficient (Wildman–Crippen LogP) is 1.90. The van der Waals surface area contributed by atoms with Gasteiger partial charge in [0, 0.05) is 26.4 Å². The molecule has 1 rings (SSSR count). The number of sulfone groups is 1. The van der Waals surface area contributed by atoms with Gasteiger partial charge < -0.3 is 10.2 Å². The van der Waals surface area contributed by atoms with Gasteiger partial charge in [0.05, 0.1) is 10.7 Å². The van der Waals surface area contributed by atoms with Gasteiger partial charge in [0.25, 0.3) is 0 Å². The molecule has 0 saturated carbocycles. The summed E-state index contributed by atoms with van der Waals surface area (Å²) in [6.45, 7) is 2.81. The molecule has 118 valence electrons. The predicted molar refractivity (Wildman–Crippen MR) is 84.9 cm³/mol. The van der Waals surface area contributed by atoms with Crippen LogP contribution in [0.1, 0.15) is 13.3 Å². The molecular formula is C13H21N3O4S. The smallest absolute Gasteiger partial charge is 0.315 e. The first-order valence-electron chi connectivity index (χ1n) is 6.66. The Morgan fingerprint density at radius 1 is 1.38 bits per heavy atom. The van der Waals surface area contributed by atoms with E-state index in [0.717, 1.165) is 12.7 Å². The van der Waals surface area contributed by atoms with E-state index in [9.17, 15) is 18.5 Å². The standard InChI is InChI=1S/C13H21N3O4S/c1-4-8-14-11-6-5-7-12(13(11)16(17)18)15(2)9-10-21(3,19)20/h5-7,14H,4,8-10H2,1-3H3. The van der Waals surface area contributed by atoms with Gasteiger partial charge in [-0.15, -0.1) is 0 Å².